The Labute approximate surface area is 180 Å². The number of aromatic hydroxyl groups is 1. The van der Waals surface area contributed by atoms with Gasteiger partial charge in [0.25, 0.3) is 5.91 Å². The van der Waals surface area contributed by atoms with Crippen LogP contribution in [0.1, 0.15) is 22.8 Å². The number of halogens is 1. The van der Waals surface area contributed by atoms with Crippen LogP contribution in [0.15, 0.2) is 47.4 Å². The molecule has 3 rings (SSSR count). The third-order valence-corrected chi connectivity index (χ3v) is 5.61. The molecule has 1 atom stereocenters. The molecule has 0 bridgehead atoms. The van der Waals surface area contributed by atoms with Crippen molar-refractivity contribution in [3.05, 3.63) is 64.3 Å². The summed E-state index contributed by atoms with van der Waals surface area (Å²) >= 11 is 6.18. The van der Waals surface area contributed by atoms with Crippen LogP contribution in [0.3, 0.4) is 0 Å². The van der Waals surface area contributed by atoms with Gasteiger partial charge in [0.15, 0.2) is 0 Å². The van der Waals surface area contributed by atoms with E-state index in [4.69, 9.17) is 17.3 Å². The first-order chi connectivity index (χ1) is 14.2. The van der Waals surface area contributed by atoms with Gasteiger partial charge in [-0.2, -0.15) is 0 Å². The second-order valence-electron chi connectivity index (χ2n) is 6.28. The molecule has 2 amide bonds. The zero-order chi connectivity index (χ0) is 22.0. The average molecular weight is 446 g/mol. The first kappa shape index (κ1) is 21.5. The number of carboxylic acids is 1. The fourth-order valence-corrected chi connectivity index (χ4v) is 4.11. The Balaban J connectivity index is 1.77. The summed E-state index contributed by atoms with van der Waals surface area (Å²) in [6.07, 6.45) is 1.38. The monoisotopic (exact) mass is 446 g/mol. The van der Waals surface area contributed by atoms with E-state index < -0.39 is 35.4 Å². The molecule has 7 nitrogen and oxygen atoms in total. The number of phenols is 1. The van der Waals surface area contributed by atoms with Gasteiger partial charge in [-0.15, -0.1) is 0 Å². The molecule has 2 aromatic carbocycles. The van der Waals surface area contributed by atoms with E-state index in [1.807, 2.05) is 0 Å². The zero-order valence-electron chi connectivity index (χ0n) is 15.5. The summed E-state index contributed by atoms with van der Waals surface area (Å²) in [6.45, 7) is 1.47. The van der Waals surface area contributed by atoms with E-state index in [2.05, 4.69) is 5.32 Å². The van der Waals surface area contributed by atoms with Crippen LogP contribution in [-0.2, 0) is 9.59 Å². The number of rotatable bonds is 5. The Morgan fingerprint density at radius 2 is 1.97 bits per heavy atom. The van der Waals surface area contributed by atoms with E-state index in [9.17, 15) is 23.9 Å². The number of thiocarbonyl (C=S) groups is 1. The number of aromatic carboxylic acids is 1. The van der Waals surface area contributed by atoms with Gasteiger partial charge in [-0.05, 0) is 31.2 Å². The minimum atomic E-state index is -1.31. The van der Waals surface area contributed by atoms with E-state index in [-0.39, 0.29) is 26.0 Å². The molecule has 1 saturated heterocycles. The lowest BCUT2D eigenvalue weighted by Crippen LogP contribution is -2.44. The van der Waals surface area contributed by atoms with Crippen molar-refractivity contribution in [3.63, 3.8) is 0 Å². The van der Waals surface area contributed by atoms with Crippen molar-refractivity contribution >= 4 is 57.8 Å². The third kappa shape index (κ3) is 4.34. The maximum absolute atomic E-state index is 13.9. The van der Waals surface area contributed by atoms with E-state index >= 15 is 0 Å². The second-order valence-corrected chi connectivity index (χ2v) is 7.95. The number of carbonyl (C=O) groups is 3. The Morgan fingerprint density at radius 1 is 1.27 bits per heavy atom. The number of benzene rings is 2. The molecule has 2 aromatic rings. The Kier molecular flexibility index (Phi) is 6.18. The number of hydrogen-bond acceptors (Lipinski definition) is 6. The van der Waals surface area contributed by atoms with Crippen LogP contribution in [0.25, 0.3) is 6.08 Å². The highest BCUT2D eigenvalue weighted by Crippen LogP contribution is 2.34. The number of amides is 2. The number of hydrogen-bond donors (Lipinski definition) is 3. The summed E-state index contributed by atoms with van der Waals surface area (Å²) in [6, 6.07) is 8.52. The fraction of sp³-hybridized carbons (Fsp3) is 0.100. The lowest BCUT2D eigenvalue weighted by Gasteiger charge is -2.22. The quantitative estimate of drug-likeness (QED) is 0.477. The van der Waals surface area contributed by atoms with Crippen molar-refractivity contribution in [2.45, 2.75) is 13.0 Å². The van der Waals surface area contributed by atoms with Gasteiger partial charge in [0.1, 0.15) is 27.5 Å². The van der Waals surface area contributed by atoms with E-state index in [1.165, 1.54) is 37.3 Å². The molecule has 0 spiro atoms. The van der Waals surface area contributed by atoms with Crippen molar-refractivity contribution in [1.29, 1.82) is 0 Å². The fourth-order valence-electron chi connectivity index (χ4n) is 2.70. The molecule has 0 aliphatic carbocycles. The first-order valence-corrected chi connectivity index (χ1v) is 9.80. The standard InChI is InChI=1S/C20H15FN2O5S2/c1-10(17(25)22-12-6-7-13(19(27)28)15(24)9-12)23-18(26)16(30-20(23)29)8-11-4-2-3-5-14(11)21/h2-10,24H,1H3,(H,22,25)(H,27,28)/b16-8+/t10-/m1/s1. The van der Waals surface area contributed by atoms with Gasteiger partial charge < -0.3 is 15.5 Å². The Morgan fingerprint density at radius 3 is 2.60 bits per heavy atom. The maximum Gasteiger partial charge on any atom is 0.339 e. The number of anilines is 1. The van der Waals surface area contributed by atoms with Crippen LogP contribution in [0, 0.1) is 5.82 Å². The molecule has 0 unspecified atom stereocenters. The molecule has 154 valence electrons. The predicted octanol–water partition coefficient (Wildman–Crippen LogP) is 3.46. The predicted molar refractivity (Wildman–Crippen MR) is 115 cm³/mol. The van der Waals surface area contributed by atoms with Crippen LogP contribution in [0.5, 0.6) is 5.75 Å². The van der Waals surface area contributed by atoms with Crippen LogP contribution in [0.4, 0.5) is 10.1 Å². The summed E-state index contributed by atoms with van der Waals surface area (Å²) in [5, 5.41) is 21.2. The number of carboxylic acid groups (broad SMARTS) is 1. The summed E-state index contributed by atoms with van der Waals surface area (Å²) in [7, 11) is 0. The topological polar surface area (TPSA) is 107 Å². The molecular weight excluding hydrogens is 431 g/mol. The van der Waals surface area contributed by atoms with Gasteiger partial charge in [0.2, 0.25) is 5.91 Å². The minimum Gasteiger partial charge on any atom is -0.507 e. The van der Waals surface area contributed by atoms with Crippen molar-refractivity contribution in [2.75, 3.05) is 5.32 Å². The van der Waals surface area contributed by atoms with Gasteiger partial charge in [-0.25, -0.2) is 9.18 Å². The van der Waals surface area contributed by atoms with Gasteiger partial charge in [-0.1, -0.05) is 42.2 Å². The molecule has 1 aliphatic rings. The molecule has 10 heteroatoms. The molecule has 3 N–H and O–H groups in total. The highest BCUT2D eigenvalue weighted by molar-refractivity contribution is 8.26. The van der Waals surface area contributed by atoms with E-state index in [1.54, 1.807) is 6.07 Å². The molecule has 1 fully saturated rings. The van der Waals surface area contributed by atoms with Gasteiger partial charge >= 0.3 is 5.97 Å². The lowest BCUT2D eigenvalue weighted by atomic mass is 10.1. The Hall–Kier alpha value is -3.24. The molecule has 1 aliphatic heterocycles. The van der Waals surface area contributed by atoms with Gasteiger partial charge in [0.05, 0.1) is 4.91 Å². The van der Waals surface area contributed by atoms with Gasteiger partial charge in [0, 0.05) is 17.3 Å². The molecular formula is C20H15FN2O5S2. The van der Waals surface area contributed by atoms with Gasteiger partial charge in [-0.3, -0.25) is 14.5 Å². The highest BCUT2D eigenvalue weighted by Gasteiger charge is 2.38. The number of nitrogens with zero attached hydrogens (tertiary/aromatic N) is 1. The minimum absolute atomic E-state index is 0.148. The Bertz CT molecular complexity index is 1100. The van der Waals surface area contributed by atoms with Crippen LogP contribution in [0.2, 0.25) is 0 Å². The van der Waals surface area contributed by atoms with Crippen molar-refractivity contribution in [1.82, 2.24) is 4.90 Å². The lowest BCUT2D eigenvalue weighted by molar-refractivity contribution is -0.129. The first-order valence-electron chi connectivity index (χ1n) is 8.58. The maximum atomic E-state index is 13.9. The molecule has 1 heterocycles. The molecule has 0 radical (unpaired) electrons. The summed E-state index contributed by atoms with van der Waals surface area (Å²) in [4.78, 5) is 37.6. The van der Waals surface area contributed by atoms with Crippen molar-refractivity contribution < 1.29 is 29.0 Å². The van der Waals surface area contributed by atoms with Crippen LogP contribution < -0.4 is 5.32 Å². The number of nitrogens with one attached hydrogen (secondary N) is 1. The van der Waals surface area contributed by atoms with Crippen molar-refractivity contribution in [2.24, 2.45) is 0 Å². The smallest absolute Gasteiger partial charge is 0.339 e. The summed E-state index contributed by atoms with van der Waals surface area (Å²) in [5.41, 5.74) is 0.0714. The zero-order valence-corrected chi connectivity index (χ0v) is 17.1. The average Bonchev–Trinajstić information content (AvgIpc) is 2.96. The summed E-state index contributed by atoms with van der Waals surface area (Å²) < 4.78 is 14.0. The number of carbonyl (C=O) groups excluding carboxylic acids is 2. The highest BCUT2D eigenvalue weighted by atomic mass is 32.2. The summed E-state index contributed by atoms with van der Waals surface area (Å²) in [5.74, 6) is -3.43. The normalized spacial score (nSPS) is 16.1. The molecule has 0 aromatic heterocycles. The third-order valence-electron chi connectivity index (χ3n) is 4.28. The van der Waals surface area contributed by atoms with E-state index in [0.29, 0.717) is 0 Å². The SMILES string of the molecule is C[C@H](C(=O)Nc1ccc(C(=O)O)c(O)c1)N1C(=O)/C(=C\c2ccccc2F)SC1=S. The largest absolute Gasteiger partial charge is 0.507 e. The second kappa shape index (κ2) is 8.64. The number of thioether (sulfide) groups is 1. The van der Waals surface area contributed by atoms with Crippen LogP contribution in [-0.4, -0.2) is 43.3 Å². The van der Waals surface area contributed by atoms with Crippen molar-refractivity contribution in [3.8, 4) is 5.75 Å². The molecule has 30 heavy (non-hydrogen) atoms. The molecule has 0 saturated carbocycles. The van der Waals surface area contributed by atoms with Crippen LogP contribution >= 0.6 is 24.0 Å². The van der Waals surface area contributed by atoms with E-state index in [0.717, 1.165) is 28.8 Å².